The molecule has 1 aliphatic heterocycles. The minimum absolute atomic E-state index is 0.269. The van der Waals surface area contributed by atoms with Crippen molar-refractivity contribution in [3.8, 4) is 0 Å². The molecule has 1 fully saturated rings. The minimum Gasteiger partial charge on any atom is -0.388 e. The first-order valence-corrected chi connectivity index (χ1v) is 2.19. The first kappa shape index (κ1) is 5.03. The number of aliphatic hydroxyl groups is 2. The largest absolute Gasteiger partial charge is 0.388 e. The van der Waals surface area contributed by atoms with Crippen LogP contribution in [0.3, 0.4) is 0 Å². The summed E-state index contributed by atoms with van der Waals surface area (Å²) in [5.74, 6) is -1.19. The summed E-state index contributed by atoms with van der Waals surface area (Å²) in [5.41, 5.74) is 0. The van der Waals surface area contributed by atoms with Gasteiger partial charge in [-0.15, -0.1) is 0 Å². The maximum atomic E-state index is 8.73. The van der Waals surface area contributed by atoms with Gasteiger partial charge in [-0.1, -0.05) is 0 Å². The maximum Gasteiger partial charge on any atom is 0.216 e. The maximum absolute atomic E-state index is 8.73. The van der Waals surface area contributed by atoms with E-state index in [1.54, 1.807) is 0 Å². The molecule has 0 amide bonds. The Morgan fingerprint density at radius 2 is 2.29 bits per heavy atom. The van der Waals surface area contributed by atoms with Crippen LogP contribution in [-0.4, -0.2) is 28.7 Å². The van der Waals surface area contributed by atoms with Crippen LogP contribution in [0.1, 0.15) is 6.92 Å². The number of aliphatic hydroxyl groups excluding tert-OH is 1. The van der Waals surface area contributed by atoms with Gasteiger partial charge in [0.25, 0.3) is 0 Å². The zero-order chi connectivity index (χ0) is 5.49. The lowest BCUT2D eigenvalue weighted by atomic mass is 10.3. The highest BCUT2D eigenvalue weighted by Crippen LogP contribution is 2.26. The van der Waals surface area contributed by atoms with Gasteiger partial charge in [-0.25, -0.2) is 0 Å². The van der Waals surface area contributed by atoms with Crippen molar-refractivity contribution in [2.75, 3.05) is 6.61 Å². The van der Waals surface area contributed by atoms with Crippen LogP contribution in [0.2, 0.25) is 0 Å². The van der Waals surface area contributed by atoms with Crippen molar-refractivity contribution < 1.29 is 14.9 Å². The molecule has 0 aromatic rings. The molecule has 2 N–H and O–H groups in total. The number of ether oxygens (including phenoxy) is 1. The lowest BCUT2D eigenvalue weighted by Crippen LogP contribution is -2.25. The van der Waals surface area contributed by atoms with Gasteiger partial charge in [-0.2, -0.15) is 0 Å². The van der Waals surface area contributed by atoms with Crippen molar-refractivity contribution in [1.29, 1.82) is 0 Å². The molecular formula is C4H8O3. The van der Waals surface area contributed by atoms with E-state index >= 15 is 0 Å². The van der Waals surface area contributed by atoms with Crippen molar-refractivity contribution in [1.82, 2.24) is 0 Å². The summed E-state index contributed by atoms with van der Waals surface area (Å²) in [7, 11) is 0. The molecule has 2 atom stereocenters. The van der Waals surface area contributed by atoms with Crippen molar-refractivity contribution in [3.63, 3.8) is 0 Å². The van der Waals surface area contributed by atoms with E-state index in [4.69, 9.17) is 10.2 Å². The third-order valence-electron chi connectivity index (χ3n) is 1.09. The summed E-state index contributed by atoms with van der Waals surface area (Å²) in [6, 6.07) is 0. The number of hydrogen-bond acceptors (Lipinski definition) is 3. The monoisotopic (exact) mass is 104 g/mol. The molecule has 0 aromatic carbocycles. The van der Waals surface area contributed by atoms with E-state index in [2.05, 4.69) is 4.74 Å². The lowest BCUT2D eigenvalue weighted by Gasteiger charge is -2.04. The molecule has 0 aromatic heterocycles. The van der Waals surface area contributed by atoms with Crippen LogP contribution in [0.25, 0.3) is 0 Å². The van der Waals surface area contributed by atoms with Crippen LogP contribution >= 0.6 is 0 Å². The zero-order valence-electron chi connectivity index (χ0n) is 4.09. The average Bonchev–Trinajstić information content (AvgIpc) is 2.21. The molecule has 0 spiro atoms. The molecule has 1 heterocycles. The van der Waals surface area contributed by atoms with Crippen molar-refractivity contribution >= 4 is 0 Å². The SMILES string of the molecule is CC(O)C1(O)CO1. The summed E-state index contributed by atoms with van der Waals surface area (Å²) < 4.78 is 4.46. The zero-order valence-corrected chi connectivity index (χ0v) is 4.09. The van der Waals surface area contributed by atoms with E-state index in [0.29, 0.717) is 0 Å². The first-order chi connectivity index (χ1) is 3.15. The summed E-state index contributed by atoms with van der Waals surface area (Å²) in [4.78, 5) is 0. The Kier molecular flexibility index (Phi) is 0.849. The Bertz CT molecular complexity index is 75.0. The minimum atomic E-state index is -1.19. The van der Waals surface area contributed by atoms with Gasteiger partial charge in [-0.05, 0) is 6.92 Å². The summed E-state index contributed by atoms with van der Waals surface area (Å²) in [6.07, 6.45) is -0.757. The summed E-state index contributed by atoms with van der Waals surface area (Å²) >= 11 is 0. The quantitative estimate of drug-likeness (QED) is 0.423. The molecule has 3 nitrogen and oxygen atoms in total. The molecular weight excluding hydrogens is 96.0 g/mol. The van der Waals surface area contributed by atoms with Gasteiger partial charge in [0.1, 0.15) is 12.7 Å². The third kappa shape index (κ3) is 0.748. The Morgan fingerprint density at radius 3 is 2.29 bits per heavy atom. The molecule has 1 rings (SSSR count). The molecule has 0 bridgehead atoms. The standard InChI is InChI=1S/C4H8O3/c1-3(5)4(6)2-7-4/h3,5-6H,2H2,1H3. The van der Waals surface area contributed by atoms with Crippen molar-refractivity contribution in [3.05, 3.63) is 0 Å². The topological polar surface area (TPSA) is 53.0 Å². The molecule has 0 radical (unpaired) electrons. The van der Waals surface area contributed by atoms with Crippen LogP contribution in [-0.2, 0) is 4.74 Å². The average molecular weight is 104 g/mol. The highest BCUT2D eigenvalue weighted by Gasteiger charge is 2.47. The Hall–Kier alpha value is -0.120. The normalized spacial score (nSPS) is 43.3. The van der Waals surface area contributed by atoms with Gasteiger partial charge in [0.2, 0.25) is 5.79 Å². The summed E-state index contributed by atoms with van der Waals surface area (Å²) in [5, 5.41) is 17.3. The highest BCUT2D eigenvalue weighted by atomic mass is 16.7. The lowest BCUT2D eigenvalue weighted by molar-refractivity contribution is -0.0615. The predicted molar refractivity (Wildman–Crippen MR) is 22.6 cm³/mol. The number of hydrogen-bond donors (Lipinski definition) is 2. The smallest absolute Gasteiger partial charge is 0.216 e. The van der Waals surface area contributed by atoms with E-state index in [0.717, 1.165) is 0 Å². The molecule has 3 heteroatoms. The van der Waals surface area contributed by atoms with E-state index in [9.17, 15) is 0 Å². The fraction of sp³-hybridized carbons (Fsp3) is 1.00. The van der Waals surface area contributed by atoms with Crippen LogP contribution in [0.4, 0.5) is 0 Å². The van der Waals surface area contributed by atoms with E-state index in [1.807, 2.05) is 0 Å². The van der Waals surface area contributed by atoms with Crippen molar-refractivity contribution in [2.45, 2.75) is 18.8 Å². The second kappa shape index (κ2) is 1.18. The fourth-order valence-electron chi connectivity index (χ4n) is 0.315. The van der Waals surface area contributed by atoms with Crippen LogP contribution < -0.4 is 0 Å². The number of epoxide rings is 1. The Balaban J connectivity index is 2.39. The van der Waals surface area contributed by atoms with E-state index < -0.39 is 11.9 Å². The number of rotatable bonds is 1. The highest BCUT2D eigenvalue weighted by molar-refractivity contribution is 4.84. The fourth-order valence-corrected chi connectivity index (χ4v) is 0.315. The molecule has 1 aliphatic rings. The molecule has 42 valence electrons. The predicted octanol–water partition coefficient (Wildman–Crippen LogP) is -0.914. The van der Waals surface area contributed by atoms with Crippen LogP contribution in [0.5, 0.6) is 0 Å². The Morgan fingerprint density at radius 1 is 1.86 bits per heavy atom. The van der Waals surface area contributed by atoms with Gasteiger partial charge in [0.15, 0.2) is 0 Å². The van der Waals surface area contributed by atoms with Crippen LogP contribution in [0, 0.1) is 0 Å². The van der Waals surface area contributed by atoms with Crippen molar-refractivity contribution in [2.24, 2.45) is 0 Å². The van der Waals surface area contributed by atoms with Gasteiger partial charge >= 0.3 is 0 Å². The first-order valence-electron chi connectivity index (χ1n) is 2.19. The van der Waals surface area contributed by atoms with E-state index in [-0.39, 0.29) is 6.61 Å². The second-order valence-corrected chi connectivity index (χ2v) is 1.81. The molecule has 1 saturated heterocycles. The second-order valence-electron chi connectivity index (χ2n) is 1.81. The Labute approximate surface area is 41.5 Å². The molecule has 2 unspecified atom stereocenters. The molecule has 0 aliphatic carbocycles. The third-order valence-corrected chi connectivity index (χ3v) is 1.09. The van der Waals surface area contributed by atoms with Gasteiger partial charge < -0.3 is 14.9 Å². The summed E-state index contributed by atoms with van der Waals surface area (Å²) in [6.45, 7) is 1.76. The molecule has 7 heavy (non-hydrogen) atoms. The molecule has 0 saturated carbocycles. The van der Waals surface area contributed by atoms with Gasteiger partial charge in [0.05, 0.1) is 0 Å². The van der Waals surface area contributed by atoms with Gasteiger partial charge in [-0.3, -0.25) is 0 Å². The van der Waals surface area contributed by atoms with E-state index in [1.165, 1.54) is 6.92 Å². The van der Waals surface area contributed by atoms with Gasteiger partial charge in [0, 0.05) is 0 Å². The van der Waals surface area contributed by atoms with Crippen LogP contribution in [0.15, 0.2) is 0 Å².